The van der Waals surface area contributed by atoms with Crippen LogP contribution >= 0.6 is 11.3 Å². The van der Waals surface area contributed by atoms with Gasteiger partial charge in [0.05, 0.1) is 19.0 Å². The molecule has 0 aliphatic carbocycles. The Morgan fingerprint density at radius 1 is 1.21 bits per heavy atom. The predicted molar refractivity (Wildman–Crippen MR) is 122 cm³/mol. The molecule has 0 saturated heterocycles. The van der Waals surface area contributed by atoms with Crippen LogP contribution in [0.1, 0.15) is 41.5 Å². The Morgan fingerprint density at radius 3 is 2.67 bits per heavy atom. The van der Waals surface area contributed by atoms with Crippen LogP contribution in [0.3, 0.4) is 0 Å². The highest BCUT2D eigenvalue weighted by Crippen LogP contribution is 2.33. The van der Waals surface area contributed by atoms with Crippen molar-refractivity contribution in [3.63, 3.8) is 0 Å². The molecule has 0 spiro atoms. The zero-order valence-electron chi connectivity index (χ0n) is 18.7. The monoisotopic (exact) mass is 476 g/mol. The van der Waals surface area contributed by atoms with E-state index < -0.39 is 11.2 Å². The molecule has 4 aromatic rings. The van der Waals surface area contributed by atoms with E-state index in [2.05, 4.69) is 21.1 Å². The van der Waals surface area contributed by atoms with Crippen LogP contribution < -0.4 is 0 Å². The van der Waals surface area contributed by atoms with E-state index in [-0.39, 0.29) is 0 Å². The maximum absolute atomic E-state index is 12.9. The van der Waals surface area contributed by atoms with E-state index in [4.69, 9.17) is 9.15 Å². The number of hydrogen-bond donors (Lipinski definition) is 0. The van der Waals surface area contributed by atoms with Crippen LogP contribution in [0.25, 0.3) is 22.4 Å². The van der Waals surface area contributed by atoms with Gasteiger partial charge in [0.25, 0.3) is 0 Å². The number of nitrogens with zero attached hydrogens (tertiary/aromatic N) is 4. The Hall–Kier alpha value is -3.14. The molecule has 6 nitrogen and oxygen atoms in total. The van der Waals surface area contributed by atoms with Crippen molar-refractivity contribution in [3.05, 3.63) is 57.4 Å². The lowest BCUT2D eigenvalue weighted by Crippen LogP contribution is -2.04. The van der Waals surface area contributed by atoms with Gasteiger partial charge in [-0.3, -0.25) is 0 Å². The van der Waals surface area contributed by atoms with Gasteiger partial charge in [-0.1, -0.05) is 13.0 Å². The first-order valence-electron chi connectivity index (χ1n) is 10.4. The number of halogens is 3. The third-order valence-electron chi connectivity index (χ3n) is 5.29. The van der Waals surface area contributed by atoms with Crippen molar-refractivity contribution < 1.29 is 22.3 Å². The minimum Gasteiger partial charge on any atom is -0.483 e. The summed E-state index contributed by atoms with van der Waals surface area (Å²) in [6.07, 6.45) is -0.870. The smallest absolute Gasteiger partial charge is 0.443 e. The molecule has 1 aromatic carbocycles. The molecular weight excluding hydrogens is 453 g/mol. The number of rotatable bonds is 6. The van der Waals surface area contributed by atoms with Gasteiger partial charge in [0, 0.05) is 17.7 Å². The van der Waals surface area contributed by atoms with Gasteiger partial charge in [-0.25, -0.2) is 14.6 Å². The molecule has 0 aliphatic heterocycles. The summed E-state index contributed by atoms with van der Waals surface area (Å²) in [5, 5.41) is 5.90. The van der Waals surface area contributed by atoms with E-state index in [1.165, 1.54) is 5.38 Å². The van der Waals surface area contributed by atoms with Crippen molar-refractivity contribution in [1.29, 1.82) is 0 Å². The number of aromatic nitrogens is 3. The first-order chi connectivity index (χ1) is 15.7. The summed E-state index contributed by atoms with van der Waals surface area (Å²) in [5.41, 5.74) is 3.89. The number of benzene rings is 1. The van der Waals surface area contributed by atoms with E-state index in [1.807, 2.05) is 26.0 Å². The van der Waals surface area contributed by atoms with Crippen LogP contribution in [0.5, 0.6) is 0 Å². The SMILES string of the molecule is CCc1cc(CCc2csc(C(F)(F)F)n2)c2cc(-c3cn(/N=C(\C)OC)c(C)n3)oc2c1. The molecule has 0 atom stereocenters. The Bertz CT molecular complexity index is 1320. The highest BCUT2D eigenvalue weighted by Gasteiger charge is 2.34. The lowest BCUT2D eigenvalue weighted by Gasteiger charge is -2.05. The normalized spacial score (nSPS) is 12.6. The van der Waals surface area contributed by atoms with Gasteiger partial charge in [-0.15, -0.1) is 16.4 Å². The molecule has 4 rings (SSSR count). The molecule has 0 aliphatic rings. The van der Waals surface area contributed by atoms with Crippen molar-refractivity contribution in [2.45, 2.75) is 46.2 Å². The molecular formula is C23H23F3N4O2S. The minimum atomic E-state index is -4.41. The van der Waals surface area contributed by atoms with Crippen LogP contribution in [0, 0.1) is 6.92 Å². The second-order valence-corrected chi connectivity index (χ2v) is 8.47. The number of hydrogen-bond acceptors (Lipinski definition) is 6. The second-order valence-electron chi connectivity index (χ2n) is 7.61. The Labute approximate surface area is 192 Å². The number of fused-ring (bicyclic) bond motifs is 1. The fourth-order valence-electron chi connectivity index (χ4n) is 3.50. The highest BCUT2D eigenvalue weighted by molar-refractivity contribution is 7.09. The first kappa shape index (κ1) is 23.0. The summed E-state index contributed by atoms with van der Waals surface area (Å²) in [4.78, 5) is 8.30. The van der Waals surface area contributed by atoms with Crippen molar-refractivity contribution >= 4 is 28.2 Å². The number of imidazole rings is 1. The molecule has 3 aromatic heterocycles. The van der Waals surface area contributed by atoms with Crippen LogP contribution in [0.2, 0.25) is 0 Å². The predicted octanol–water partition coefficient (Wildman–Crippen LogP) is 6.26. The Balaban J connectivity index is 1.66. The van der Waals surface area contributed by atoms with Crippen molar-refractivity contribution in [3.8, 4) is 11.5 Å². The number of methoxy groups -OCH3 is 1. The molecule has 0 amide bonds. The molecule has 0 unspecified atom stereocenters. The van der Waals surface area contributed by atoms with Gasteiger partial charge in [-0.05, 0) is 49.4 Å². The van der Waals surface area contributed by atoms with Crippen LogP contribution in [0.4, 0.5) is 13.2 Å². The Morgan fingerprint density at radius 2 is 2.00 bits per heavy atom. The van der Waals surface area contributed by atoms with E-state index in [9.17, 15) is 13.2 Å². The average Bonchev–Trinajstić information content (AvgIpc) is 3.50. The van der Waals surface area contributed by atoms with Gasteiger partial charge >= 0.3 is 6.18 Å². The van der Waals surface area contributed by atoms with Crippen molar-refractivity contribution in [1.82, 2.24) is 14.6 Å². The van der Waals surface area contributed by atoms with E-state index in [0.29, 0.717) is 53.0 Å². The third-order valence-corrected chi connectivity index (χ3v) is 6.23. The summed E-state index contributed by atoms with van der Waals surface area (Å²) in [7, 11) is 1.55. The van der Waals surface area contributed by atoms with Crippen LogP contribution in [-0.4, -0.2) is 27.7 Å². The van der Waals surface area contributed by atoms with E-state index in [1.54, 1.807) is 24.9 Å². The standard InChI is InChI=1S/C23H23F3N4O2S/c1-5-15-8-16(6-7-17-12-33-22(28-17)23(24,25)26)18-10-21(32-20(18)9-15)19-11-30(13(2)27-19)29-14(3)31-4/h8-12H,5-7H2,1-4H3/b29-14+. The molecule has 0 radical (unpaired) electrons. The van der Waals surface area contributed by atoms with Crippen LogP contribution in [-0.2, 0) is 30.2 Å². The largest absolute Gasteiger partial charge is 0.483 e. The molecule has 0 fully saturated rings. The van der Waals surface area contributed by atoms with Gasteiger partial charge < -0.3 is 9.15 Å². The summed E-state index contributed by atoms with van der Waals surface area (Å²) < 4.78 is 51.5. The van der Waals surface area contributed by atoms with Crippen molar-refractivity contribution in [2.24, 2.45) is 5.10 Å². The van der Waals surface area contributed by atoms with Gasteiger partial charge in [-0.2, -0.15) is 13.2 Å². The fourth-order valence-corrected chi connectivity index (χ4v) is 4.22. The number of aryl methyl sites for hydroxylation is 4. The molecule has 10 heteroatoms. The molecule has 174 valence electrons. The topological polar surface area (TPSA) is 65.4 Å². The average molecular weight is 477 g/mol. The van der Waals surface area contributed by atoms with E-state index >= 15 is 0 Å². The van der Waals surface area contributed by atoms with Crippen LogP contribution in [0.15, 0.2) is 39.3 Å². The lowest BCUT2D eigenvalue weighted by molar-refractivity contribution is -0.137. The zero-order chi connectivity index (χ0) is 23.8. The number of ether oxygens (including phenoxy) is 1. The molecule has 0 bridgehead atoms. The second kappa shape index (κ2) is 9.01. The van der Waals surface area contributed by atoms with Crippen molar-refractivity contribution in [2.75, 3.05) is 7.11 Å². The summed E-state index contributed by atoms with van der Waals surface area (Å²) in [6.45, 7) is 5.63. The fraction of sp³-hybridized carbons (Fsp3) is 0.348. The quantitative estimate of drug-likeness (QED) is 0.244. The number of thiazole rings is 1. The summed E-state index contributed by atoms with van der Waals surface area (Å²) >= 11 is 0.629. The maximum atomic E-state index is 12.9. The first-order valence-corrected chi connectivity index (χ1v) is 11.3. The lowest BCUT2D eigenvalue weighted by atomic mass is 10.00. The molecule has 0 saturated carbocycles. The number of furan rings is 1. The summed E-state index contributed by atoms with van der Waals surface area (Å²) in [5.74, 6) is 1.78. The summed E-state index contributed by atoms with van der Waals surface area (Å²) in [6, 6.07) is 5.99. The third kappa shape index (κ3) is 4.95. The maximum Gasteiger partial charge on any atom is 0.443 e. The minimum absolute atomic E-state index is 0.411. The van der Waals surface area contributed by atoms with Gasteiger partial charge in [0.1, 0.15) is 17.1 Å². The molecule has 0 N–H and O–H groups in total. The van der Waals surface area contributed by atoms with E-state index in [0.717, 1.165) is 28.5 Å². The van der Waals surface area contributed by atoms with Gasteiger partial charge in [0.2, 0.25) is 5.90 Å². The van der Waals surface area contributed by atoms with Gasteiger partial charge in [0.15, 0.2) is 10.8 Å². The molecule has 33 heavy (non-hydrogen) atoms. The molecule has 3 heterocycles. The number of alkyl halides is 3. The zero-order valence-corrected chi connectivity index (χ0v) is 19.5. The Kier molecular flexibility index (Phi) is 6.29. The highest BCUT2D eigenvalue weighted by atomic mass is 32.1.